The molecule has 1 aromatic rings. The topological polar surface area (TPSA) is 41.6 Å². The maximum Gasteiger partial charge on any atom is 0.226 e. The average Bonchev–Trinajstić information content (AvgIpc) is 2.89. The third kappa shape index (κ3) is 4.86. The number of para-hydroxylation sites is 1. The van der Waals surface area contributed by atoms with Gasteiger partial charge in [-0.25, -0.2) is 4.39 Å². The Bertz CT molecular complexity index is 459. The van der Waals surface area contributed by atoms with E-state index in [0.717, 1.165) is 25.9 Å². The Morgan fingerprint density at radius 1 is 1.48 bits per heavy atom. The molecule has 1 atom stereocenters. The minimum Gasteiger partial charge on any atom is -0.490 e. The van der Waals surface area contributed by atoms with Gasteiger partial charge in [-0.2, -0.15) is 0 Å². The maximum atomic E-state index is 13.3. The molecule has 1 aliphatic rings. The van der Waals surface area contributed by atoms with Gasteiger partial charge in [0.05, 0.1) is 13.0 Å². The van der Waals surface area contributed by atoms with E-state index in [9.17, 15) is 9.18 Å². The van der Waals surface area contributed by atoms with Gasteiger partial charge in [0.1, 0.15) is 0 Å². The number of nitrogens with zero attached hydrogens (tertiary/aromatic N) is 1. The number of benzene rings is 1. The van der Waals surface area contributed by atoms with E-state index in [0.29, 0.717) is 0 Å². The Labute approximate surface area is 131 Å². The first kappa shape index (κ1) is 17.7. The molecule has 0 bridgehead atoms. The molecular weight excluding hydrogens is 295 g/mol. The van der Waals surface area contributed by atoms with E-state index in [1.54, 1.807) is 18.2 Å². The number of rotatable bonds is 6. The van der Waals surface area contributed by atoms with Gasteiger partial charge >= 0.3 is 0 Å². The van der Waals surface area contributed by atoms with Gasteiger partial charge < -0.3 is 15.0 Å². The minimum absolute atomic E-state index is 0. The summed E-state index contributed by atoms with van der Waals surface area (Å²) >= 11 is 0. The largest absolute Gasteiger partial charge is 0.490 e. The summed E-state index contributed by atoms with van der Waals surface area (Å²) < 4.78 is 18.7. The molecule has 1 aromatic carbocycles. The molecule has 1 unspecified atom stereocenters. The molecule has 0 saturated carbocycles. The van der Waals surface area contributed by atoms with E-state index in [-0.39, 0.29) is 43.1 Å². The van der Waals surface area contributed by atoms with Gasteiger partial charge in [0.25, 0.3) is 0 Å². The van der Waals surface area contributed by atoms with Crippen molar-refractivity contribution in [2.75, 3.05) is 26.7 Å². The Hall–Kier alpha value is -1.33. The van der Waals surface area contributed by atoms with E-state index in [1.165, 1.54) is 6.07 Å². The van der Waals surface area contributed by atoms with Crippen LogP contribution in [0.25, 0.3) is 0 Å². The number of likely N-dealkylation sites (tertiary alicyclic amines) is 1. The van der Waals surface area contributed by atoms with Crippen molar-refractivity contribution in [2.45, 2.75) is 25.3 Å². The SMILES string of the molecule is CNCC1CCCN1C(=O)CCOc1ccccc1F.Cl. The quantitative estimate of drug-likeness (QED) is 0.875. The number of hydrogen-bond acceptors (Lipinski definition) is 3. The zero-order valence-corrected chi connectivity index (χ0v) is 13.0. The Morgan fingerprint density at radius 3 is 2.95 bits per heavy atom. The second kappa shape index (κ2) is 8.85. The van der Waals surface area contributed by atoms with Gasteiger partial charge in [0, 0.05) is 19.1 Å². The van der Waals surface area contributed by atoms with Crippen molar-refractivity contribution in [1.82, 2.24) is 10.2 Å². The van der Waals surface area contributed by atoms with Crippen molar-refractivity contribution in [3.8, 4) is 5.75 Å². The summed E-state index contributed by atoms with van der Waals surface area (Å²) in [5.41, 5.74) is 0. The summed E-state index contributed by atoms with van der Waals surface area (Å²) in [5, 5.41) is 3.11. The van der Waals surface area contributed by atoms with Gasteiger partial charge in [-0.3, -0.25) is 4.79 Å². The third-order valence-corrected chi connectivity index (χ3v) is 3.55. The second-order valence-electron chi connectivity index (χ2n) is 4.97. The van der Waals surface area contributed by atoms with Crippen LogP contribution in [0.1, 0.15) is 19.3 Å². The number of nitrogens with one attached hydrogen (secondary N) is 1. The molecule has 1 aliphatic heterocycles. The van der Waals surface area contributed by atoms with Crippen LogP contribution < -0.4 is 10.1 Å². The first-order chi connectivity index (χ1) is 9.72. The van der Waals surface area contributed by atoms with Crippen molar-refractivity contribution in [2.24, 2.45) is 0 Å². The number of amides is 1. The highest BCUT2D eigenvalue weighted by molar-refractivity contribution is 5.85. The maximum absolute atomic E-state index is 13.3. The lowest BCUT2D eigenvalue weighted by Gasteiger charge is -2.24. The zero-order chi connectivity index (χ0) is 14.4. The minimum atomic E-state index is -0.394. The first-order valence-corrected chi connectivity index (χ1v) is 7.03. The lowest BCUT2D eigenvalue weighted by molar-refractivity contribution is -0.132. The van der Waals surface area contributed by atoms with Crippen molar-refractivity contribution in [3.05, 3.63) is 30.1 Å². The second-order valence-corrected chi connectivity index (χ2v) is 4.97. The van der Waals surface area contributed by atoms with Crippen LogP contribution in [0.5, 0.6) is 5.75 Å². The number of carbonyl (C=O) groups is 1. The van der Waals surface area contributed by atoms with Gasteiger partial charge in [0.2, 0.25) is 5.91 Å². The number of carbonyl (C=O) groups excluding carboxylic acids is 1. The summed E-state index contributed by atoms with van der Waals surface area (Å²) in [7, 11) is 1.89. The predicted molar refractivity (Wildman–Crippen MR) is 82.4 cm³/mol. The normalized spacial score (nSPS) is 17.4. The Morgan fingerprint density at radius 2 is 2.24 bits per heavy atom. The molecule has 118 valence electrons. The van der Waals surface area contributed by atoms with Gasteiger partial charge in [-0.05, 0) is 32.0 Å². The van der Waals surface area contributed by atoms with Gasteiger partial charge in [0.15, 0.2) is 11.6 Å². The number of halogens is 2. The molecule has 0 aromatic heterocycles. The molecule has 1 heterocycles. The summed E-state index contributed by atoms with van der Waals surface area (Å²) in [6.07, 6.45) is 2.38. The molecule has 21 heavy (non-hydrogen) atoms. The molecular formula is C15H22ClFN2O2. The fourth-order valence-electron chi connectivity index (χ4n) is 2.57. The Kier molecular flexibility index (Phi) is 7.47. The van der Waals surface area contributed by atoms with E-state index >= 15 is 0 Å². The summed E-state index contributed by atoms with van der Waals surface area (Å²) in [5.74, 6) is -0.109. The molecule has 6 heteroatoms. The summed E-state index contributed by atoms with van der Waals surface area (Å²) in [4.78, 5) is 14.0. The van der Waals surface area contributed by atoms with Crippen molar-refractivity contribution in [1.29, 1.82) is 0 Å². The van der Waals surface area contributed by atoms with E-state index in [2.05, 4.69) is 5.32 Å². The Balaban J connectivity index is 0.00000220. The molecule has 1 amide bonds. The predicted octanol–water partition coefficient (Wildman–Crippen LogP) is 2.23. The zero-order valence-electron chi connectivity index (χ0n) is 12.2. The fourth-order valence-corrected chi connectivity index (χ4v) is 2.57. The highest BCUT2D eigenvalue weighted by atomic mass is 35.5. The number of ether oxygens (including phenoxy) is 1. The van der Waals surface area contributed by atoms with Crippen molar-refractivity contribution >= 4 is 18.3 Å². The van der Waals surface area contributed by atoms with Crippen LogP contribution >= 0.6 is 12.4 Å². The molecule has 0 spiro atoms. The van der Waals surface area contributed by atoms with Crippen molar-refractivity contribution < 1.29 is 13.9 Å². The summed E-state index contributed by atoms with van der Waals surface area (Å²) in [6.45, 7) is 1.84. The van der Waals surface area contributed by atoms with Gasteiger partial charge in [-0.1, -0.05) is 12.1 Å². The van der Waals surface area contributed by atoms with E-state index < -0.39 is 5.82 Å². The monoisotopic (exact) mass is 316 g/mol. The summed E-state index contributed by atoms with van der Waals surface area (Å²) in [6, 6.07) is 6.52. The van der Waals surface area contributed by atoms with Crippen LogP contribution in [0.3, 0.4) is 0 Å². The van der Waals surface area contributed by atoms with E-state index in [4.69, 9.17) is 4.74 Å². The van der Waals surface area contributed by atoms with Crippen LogP contribution in [0, 0.1) is 5.82 Å². The molecule has 1 N–H and O–H groups in total. The molecule has 1 saturated heterocycles. The number of likely N-dealkylation sites (N-methyl/N-ethyl adjacent to an activating group) is 1. The van der Waals surface area contributed by atoms with Crippen LogP contribution in [0.15, 0.2) is 24.3 Å². The van der Waals surface area contributed by atoms with Crippen LogP contribution in [0.4, 0.5) is 4.39 Å². The third-order valence-electron chi connectivity index (χ3n) is 3.55. The lowest BCUT2D eigenvalue weighted by Crippen LogP contribution is -2.41. The van der Waals surface area contributed by atoms with Gasteiger partial charge in [-0.15, -0.1) is 12.4 Å². The highest BCUT2D eigenvalue weighted by Crippen LogP contribution is 2.19. The standard InChI is InChI=1S/C15H21FN2O2.ClH/c1-17-11-12-5-4-9-18(12)15(19)8-10-20-14-7-3-2-6-13(14)16;/h2-3,6-7,12,17H,4-5,8-11H2,1H3;1H. The molecule has 0 aliphatic carbocycles. The van der Waals surface area contributed by atoms with E-state index in [1.807, 2.05) is 11.9 Å². The van der Waals surface area contributed by atoms with Crippen molar-refractivity contribution in [3.63, 3.8) is 0 Å². The molecule has 1 fully saturated rings. The van der Waals surface area contributed by atoms with Crippen LogP contribution in [0.2, 0.25) is 0 Å². The number of hydrogen-bond donors (Lipinski definition) is 1. The molecule has 4 nitrogen and oxygen atoms in total. The lowest BCUT2D eigenvalue weighted by atomic mass is 10.2. The fraction of sp³-hybridized carbons (Fsp3) is 0.533. The first-order valence-electron chi connectivity index (χ1n) is 7.03. The van der Waals surface area contributed by atoms with Crippen LogP contribution in [-0.4, -0.2) is 43.6 Å². The van der Waals surface area contributed by atoms with Crippen LogP contribution in [-0.2, 0) is 4.79 Å². The molecule has 2 rings (SSSR count). The average molecular weight is 317 g/mol. The smallest absolute Gasteiger partial charge is 0.226 e. The highest BCUT2D eigenvalue weighted by Gasteiger charge is 2.27. The molecule has 0 radical (unpaired) electrons.